The fourth-order valence-corrected chi connectivity index (χ4v) is 3.63. The molecule has 8 heteroatoms. The molecule has 0 bridgehead atoms. The fraction of sp³-hybridized carbons (Fsp3) is 0.133. The highest BCUT2D eigenvalue weighted by Crippen LogP contribution is 2.27. The van der Waals surface area contributed by atoms with Crippen LogP contribution in [0.1, 0.15) is 12.0 Å². The van der Waals surface area contributed by atoms with E-state index in [2.05, 4.69) is 10.0 Å². The summed E-state index contributed by atoms with van der Waals surface area (Å²) in [4.78, 5) is 11.2. The summed E-state index contributed by atoms with van der Waals surface area (Å²) in [6, 6.07) is 8.05. The molecule has 5 nitrogen and oxygen atoms in total. The highest BCUT2D eigenvalue weighted by atomic mass is 35.5. The molecule has 0 aromatic heterocycles. The number of nitrogens with one attached hydrogen (secondary N) is 2. The number of aryl methyl sites for hydroxylation is 1. The first-order valence-electron chi connectivity index (χ1n) is 6.76. The van der Waals surface area contributed by atoms with E-state index in [9.17, 15) is 17.6 Å². The Morgan fingerprint density at radius 1 is 1.13 bits per heavy atom. The van der Waals surface area contributed by atoms with Gasteiger partial charge in [-0.25, -0.2) is 12.8 Å². The van der Waals surface area contributed by atoms with Gasteiger partial charge in [-0.3, -0.25) is 9.52 Å². The third-order valence-electron chi connectivity index (χ3n) is 3.45. The number of hydrogen-bond acceptors (Lipinski definition) is 3. The Bertz CT molecular complexity index is 900. The van der Waals surface area contributed by atoms with Crippen molar-refractivity contribution in [2.45, 2.75) is 17.7 Å². The molecule has 0 aliphatic carbocycles. The van der Waals surface area contributed by atoms with Gasteiger partial charge in [0.15, 0.2) is 0 Å². The summed E-state index contributed by atoms with van der Waals surface area (Å²) in [5.74, 6) is -0.748. The summed E-state index contributed by atoms with van der Waals surface area (Å²) in [7, 11) is -3.88. The first-order chi connectivity index (χ1) is 10.8. The van der Waals surface area contributed by atoms with E-state index in [1.807, 2.05) is 0 Å². The summed E-state index contributed by atoms with van der Waals surface area (Å²) in [6.07, 6.45) is 0.899. The molecule has 0 spiro atoms. The van der Waals surface area contributed by atoms with Crippen LogP contribution in [0.2, 0.25) is 5.02 Å². The van der Waals surface area contributed by atoms with Crippen LogP contribution in [0.15, 0.2) is 41.3 Å². The Balaban J connectivity index is 1.88. The van der Waals surface area contributed by atoms with Crippen molar-refractivity contribution in [2.24, 2.45) is 0 Å². The van der Waals surface area contributed by atoms with Gasteiger partial charge in [0.05, 0.1) is 9.92 Å². The normalized spacial score (nSPS) is 14.1. The Morgan fingerprint density at radius 3 is 2.65 bits per heavy atom. The van der Waals surface area contributed by atoms with Gasteiger partial charge in [0.25, 0.3) is 10.0 Å². The third kappa shape index (κ3) is 3.30. The molecule has 0 unspecified atom stereocenters. The number of anilines is 2. The van der Waals surface area contributed by atoms with Crippen molar-refractivity contribution in [1.82, 2.24) is 0 Å². The Labute approximate surface area is 137 Å². The van der Waals surface area contributed by atoms with Crippen molar-refractivity contribution in [2.75, 3.05) is 10.0 Å². The number of rotatable bonds is 3. The van der Waals surface area contributed by atoms with Crippen molar-refractivity contribution >= 4 is 38.9 Å². The predicted octanol–water partition coefficient (Wildman–Crippen LogP) is 3.16. The molecule has 0 atom stereocenters. The zero-order chi connectivity index (χ0) is 16.6. The average Bonchev–Trinajstić information content (AvgIpc) is 2.49. The lowest BCUT2D eigenvalue weighted by atomic mass is 10.0. The van der Waals surface area contributed by atoms with Gasteiger partial charge < -0.3 is 5.32 Å². The predicted molar refractivity (Wildman–Crippen MR) is 85.6 cm³/mol. The van der Waals surface area contributed by atoms with Crippen molar-refractivity contribution in [1.29, 1.82) is 0 Å². The lowest BCUT2D eigenvalue weighted by Gasteiger charge is -2.18. The first-order valence-corrected chi connectivity index (χ1v) is 8.62. The lowest BCUT2D eigenvalue weighted by molar-refractivity contribution is -0.116. The smallest absolute Gasteiger partial charge is 0.261 e. The van der Waals surface area contributed by atoms with Crippen LogP contribution >= 0.6 is 11.6 Å². The van der Waals surface area contributed by atoms with Gasteiger partial charge in [-0.15, -0.1) is 0 Å². The number of sulfonamides is 1. The summed E-state index contributed by atoms with van der Waals surface area (Å²) >= 11 is 5.62. The maximum atomic E-state index is 13.2. The zero-order valence-electron chi connectivity index (χ0n) is 11.8. The van der Waals surface area contributed by atoms with Crippen LogP contribution in [-0.2, 0) is 21.2 Å². The van der Waals surface area contributed by atoms with Crippen molar-refractivity contribution in [3.8, 4) is 0 Å². The molecule has 23 heavy (non-hydrogen) atoms. The number of fused-ring (bicyclic) bond motifs is 1. The monoisotopic (exact) mass is 354 g/mol. The van der Waals surface area contributed by atoms with Gasteiger partial charge in [0.1, 0.15) is 5.82 Å². The van der Waals surface area contributed by atoms with Crippen molar-refractivity contribution < 1.29 is 17.6 Å². The first kappa shape index (κ1) is 15.8. The zero-order valence-corrected chi connectivity index (χ0v) is 13.3. The molecule has 0 saturated heterocycles. The topological polar surface area (TPSA) is 75.3 Å². The average molecular weight is 355 g/mol. The van der Waals surface area contributed by atoms with Crippen LogP contribution in [0.5, 0.6) is 0 Å². The van der Waals surface area contributed by atoms with Crippen LogP contribution in [-0.4, -0.2) is 14.3 Å². The SMILES string of the molecule is O=C1CCc2cc(NS(=O)(=O)c3ccc(F)c(Cl)c3)ccc2N1. The van der Waals surface area contributed by atoms with Gasteiger partial charge >= 0.3 is 0 Å². The second-order valence-corrected chi connectivity index (χ2v) is 7.19. The van der Waals surface area contributed by atoms with E-state index >= 15 is 0 Å². The van der Waals surface area contributed by atoms with Crippen LogP contribution in [0, 0.1) is 5.82 Å². The molecule has 1 aliphatic heterocycles. The molecule has 1 amide bonds. The minimum Gasteiger partial charge on any atom is -0.326 e. The Kier molecular flexibility index (Phi) is 3.99. The largest absolute Gasteiger partial charge is 0.326 e. The molecule has 2 aromatic rings. The summed E-state index contributed by atoms with van der Waals surface area (Å²) in [5, 5.41) is 2.46. The molecule has 120 valence electrons. The number of amides is 1. The molecular formula is C15H12ClFN2O3S. The van der Waals surface area contributed by atoms with Crippen LogP contribution in [0.3, 0.4) is 0 Å². The van der Waals surface area contributed by atoms with Gasteiger partial charge in [-0.2, -0.15) is 0 Å². The highest BCUT2D eigenvalue weighted by molar-refractivity contribution is 7.92. The molecule has 2 N–H and O–H groups in total. The van der Waals surface area contributed by atoms with Crippen LogP contribution < -0.4 is 10.0 Å². The highest BCUT2D eigenvalue weighted by Gasteiger charge is 2.19. The number of halogens is 2. The second kappa shape index (κ2) is 5.82. The molecule has 0 saturated carbocycles. The van der Waals surface area contributed by atoms with Gasteiger partial charge in [0, 0.05) is 17.8 Å². The van der Waals surface area contributed by atoms with Gasteiger partial charge in [0.2, 0.25) is 5.91 Å². The Hall–Kier alpha value is -2.12. The quantitative estimate of drug-likeness (QED) is 0.889. The van der Waals surface area contributed by atoms with Gasteiger partial charge in [-0.05, 0) is 48.4 Å². The van der Waals surface area contributed by atoms with E-state index in [4.69, 9.17) is 11.6 Å². The minimum absolute atomic E-state index is 0.0632. The second-order valence-electron chi connectivity index (χ2n) is 5.10. The fourth-order valence-electron chi connectivity index (χ4n) is 2.30. The number of carbonyl (C=O) groups excluding carboxylic acids is 1. The molecule has 3 rings (SSSR count). The minimum atomic E-state index is -3.88. The van der Waals surface area contributed by atoms with E-state index < -0.39 is 15.8 Å². The van der Waals surface area contributed by atoms with E-state index in [-0.39, 0.29) is 15.8 Å². The number of benzene rings is 2. The summed E-state index contributed by atoms with van der Waals surface area (Å²) in [5.41, 5.74) is 1.89. The number of carbonyl (C=O) groups is 1. The number of hydrogen-bond donors (Lipinski definition) is 2. The van der Waals surface area contributed by atoms with Crippen LogP contribution in [0.25, 0.3) is 0 Å². The third-order valence-corrected chi connectivity index (χ3v) is 5.12. The standard InChI is InChI=1S/C15H12ClFN2O3S/c16-12-8-11(3-4-13(12)17)23(21,22)19-10-2-5-14-9(7-10)1-6-15(20)18-14/h2-5,7-8,19H,1,6H2,(H,18,20). The molecular weight excluding hydrogens is 343 g/mol. The van der Waals surface area contributed by atoms with E-state index in [1.165, 1.54) is 0 Å². The summed E-state index contributed by atoms with van der Waals surface area (Å²) < 4.78 is 40.2. The molecule has 0 fully saturated rings. The molecule has 2 aromatic carbocycles. The Morgan fingerprint density at radius 2 is 1.91 bits per heavy atom. The van der Waals surface area contributed by atoms with E-state index in [0.29, 0.717) is 24.2 Å². The maximum Gasteiger partial charge on any atom is 0.261 e. The van der Waals surface area contributed by atoms with Crippen molar-refractivity contribution in [3.05, 3.63) is 52.8 Å². The maximum absolute atomic E-state index is 13.2. The molecule has 1 heterocycles. The lowest BCUT2D eigenvalue weighted by Crippen LogP contribution is -2.19. The van der Waals surface area contributed by atoms with E-state index in [0.717, 1.165) is 23.8 Å². The summed E-state index contributed by atoms with van der Waals surface area (Å²) in [6.45, 7) is 0. The van der Waals surface area contributed by atoms with Crippen LogP contribution in [0.4, 0.5) is 15.8 Å². The van der Waals surface area contributed by atoms with Gasteiger partial charge in [-0.1, -0.05) is 11.6 Å². The molecule has 0 radical (unpaired) electrons. The van der Waals surface area contributed by atoms with Crippen molar-refractivity contribution in [3.63, 3.8) is 0 Å². The molecule has 1 aliphatic rings. The van der Waals surface area contributed by atoms with E-state index in [1.54, 1.807) is 18.2 Å².